The fraction of sp³-hybridized carbons (Fsp3) is 0.200. The van der Waals surface area contributed by atoms with Gasteiger partial charge in [-0.15, -0.1) is 0 Å². The number of fused-ring (bicyclic) bond motifs is 1. The molecule has 1 aromatic heterocycles. The smallest absolute Gasteiger partial charge is 0.162 e. The molecule has 0 spiro atoms. The Balaban J connectivity index is 1.49. The Labute approximate surface area is 196 Å². The Bertz CT molecular complexity index is 1260. The summed E-state index contributed by atoms with van der Waals surface area (Å²) >= 11 is 12.6. The lowest BCUT2D eigenvalue weighted by Crippen LogP contribution is -2.01. The standard InChI is InChI=1S/C25H22Cl2N2O3/c1-31-17-10-12-23(32-2)16(13-17)5-3-8-22(30)15-9-11-20-21(14-15)29-25(28-20)24-18(26)6-4-7-19(24)27/h4,6-7,9-14H,3,5,8H2,1-2H3,(H,28,29). The maximum Gasteiger partial charge on any atom is 0.162 e. The van der Waals surface area contributed by atoms with Crippen molar-refractivity contribution in [1.82, 2.24) is 9.97 Å². The molecule has 0 aliphatic carbocycles. The van der Waals surface area contributed by atoms with Gasteiger partial charge in [0.2, 0.25) is 0 Å². The van der Waals surface area contributed by atoms with Crippen LogP contribution in [-0.4, -0.2) is 30.0 Å². The van der Waals surface area contributed by atoms with Crippen LogP contribution in [0.5, 0.6) is 11.5 Å². The van der Waals surface area contributed by atoms with Gasteiger partial charge in [-0.1, -0.05) is 29.3 Å². The predicted octanol–water partition coefficient (Wildman–Crippen LogP) is 6.76. The van der Waals surface area contributed by atoms with E-state index in [-0.39, 0.29) is 5.78 Å². The van der Waals surface area contributed by atoms with Crippen molar-refractivity contribution in [2.75, 3.05) is 14.2 Å². The monoisotopic (exact) mass is 468 g/mol. The number of hydrogen-bond acceptors (Lipinski definition) is 4. The third-order valence-corrected chi connectivity index (χ3v) is 5.97. The van der Waals surface area contributed by atoms with Crippen LogP contribution >= 0.6 is 23.2 Å². The number of methoxy groups -OCH3 is 2. The summed E-state index contributed by atoms with van der Waals surface area (Å²) in [5.41, 5.74) is 3.80. The van der Waals surface area contributed by atoms with Gasteiger partial charge in [-0.05, 0) is 66.9 Å². The van der Waals surface area contributed by atoms with Gasteiger partial charge in [0.25, 0.3) is 0 Å². The number of carbonyl (C=O) groups excluding carboxylic acids is 1. The summed E-state index contributed by atoms with van der Waals surface area (Å²) in [6.07, 6.45) is 1.83. The van der Waals surface area contributed by atoms with Crippen LogP contribution in [0.15, 0.2) is 54.6 Å². The number of H-pyrrole nitrogens is 1. The van der Waals surface area contributed by atoms with Gasteiger partial charge in [0.05, 0.1) is 40.9 Å². The van der Waals surface area contributed by atoms with Crippen molar-refractivity contribution in [3.05, 3.63) is 75.8 Å². The highest BCUT2D eigenvalue weighted by Crippen LogP contribution is 2.34. The van der Waals surface area contributed by atoms with Crippen molar-refractivity contribution < 1.29 is 14.3 Å². The molecule has 0 bridgehead atoms. The van der Waals surface area contributed by atoms with Crippen LogP contribution in [0.2, 0.25) is 10.0 Å². The van der Waals surface area contributed by atoms with E-state index < -0.39 is 0 Å². The lowest BCUT2D eigenvalue weighted by Gasteiger charge is -2.10. The number of imidazole rings is 1. The van der Waals surface area contributed by atoms with E-state index >= 15 is 0 Å². The minimum Gasteiger partial charge on any atom is -0.497 e. The van der Waals surface area contributed by atoms with E-state index in [4.69, 9.17) is 32.7 Å². The van der Waals surface area contributed by atoms with Crippen LogP contribution in [0, 0.1) is 0 Å². The number of ether oxygens (including phenoxy) is 2. The molecule has 0 atom stereocenters. The molecule has 0 radical (unpaired) electrons. The van der Waals surface area contributed by atoms with Crippen LogP contribution < -0.4 is 9.47 Å². The molecule has 0 aliphatic heterocycles. The second kappa shape index (κ2) is 9.63. The van der Waals surface area contributed by atoms with Gasteiger partial charge in [-0.25, -0.2) is 4.98 Å². The Morgan fingerprint density at radius 1 is 1.00 bits per heavy atom. The molecule has 1 N–H and O–H groups in total. The minimum atomic E-state index is 0.0701. The Morgan fingerprint density at radius 3 is 2.50 bits per heavy atom. The zero-order chi connectivity index (χ0) is 22.7. The van der Waals surface area contributed by atoms with Crippen molar-refractivity contribution >= 4 is 40.0 Å². The number of aromatic amines is 1. The van der Waals surface area contributed by atoms with E-state index in [1.54, 1.807) is 38.5 Å². The number of benzene rings is 3. The van der Waals surface area contributed by atoms with Crippen LogP contribution in [0.25, 0.3) is 22.4 Å². The minimum absolute atomic E-state index is 0.0701. The topological polar surface area (TPSA) is 64.2 Å². The highest BCUT2D eigenvalue weighted by molar-refractivity contribution is 6.39. The van der Waals surface area contributed by atoms with Gasteiger partial charge < -0.3 is 14.5 Å². The predicted molar refractivity (Wildman–Crippen MR) is 128 cm³/mol. The maximum atomic E-state index is 12.8. The molecule has 5 nitrogen and oxygen atoms in total. The summed E-state index contributed by atoms with van der Waals surface area (Å²) in [7, 11) is 3.27. The van der Waals surface area contributed by atoms with Gasteiger partial charge in [0.15, 0.2) is 5.78 Å². The molecular formula is C25H22Cl2N2O3. The average molecular weight is 469 g/mol. The Kier molecular flexibility index (Phi) is 6.68. The van der Waals surface area contributed by atoms with Gasteiger partial charge in [0.1, 0.15) is 17.3 Å². The summed E-state index contributed by atoms with van der Waals surface area (Å²) in [5.74, 6) is 2.21. The second-order valence-electron chi connectivity index (χ2n) is 7.37. The summed E-state index contributed by atoms with van der Waals surface area (Å²) < 4.78 is 10.7. The molecule has 1 heterocycles. The van der Waals surface area contributed by atoms with Crippen molar-refractivity contribution in [3.63, 3.8) is 0 Å². The first kappa shape index (κ1) is 22.2. The molecule has 3 aromatic carbocycles. The summed E-state index contributed by atoms with van der Waals surface area (Å²) in [4.78, 5) is 20.6. The van der Waals surface area contributed by atoms with Crippen LogP contribution in [0.1, 0.15) is 28.8 Å². The first-order valence-corrected chi connectivity index (χ1v) is 10.9. The third-order valence-electron chi connectivity index (χ3n) is 5.34. The first-order valence-electron chi connectivity index (χ1n) is 10.2. The number of rotatable bonds is 8. The highest BCUT2D eigenvalue weighted by atomic mass is 35.5. The molecule has 0 saturated carbocycles. The zero-order valence-corrected chi connectivity index (χ0v) is 19.3. The number of nitrogens with zero attached hydrogens (tertiary/aromatic N) is 1. The second-order valence-corrected chi connectivity index (χ2v) is 8.18. The van der Waals surface area contributed by atoms with E-state index in [0.29, 0.717) is 46.3 Å². The number of nitrogens with one attached hydrogen (secondary N) is 1. The number of carbonyl (C=O) groups is 1. The quantitative estimate of drug-likeness (QED) is 0.290. The summed E-state index contributed by atoms with van der Waals surface area (Å²) in [6, 6.07) is 16.5. The fourth-order valence-corrected chi connectivity index (χ4v) is 4.26. The average Bonchev–Trinajstić information content (AvgIpc) is 3.21. The molecule has 0 aliphatic rings. The number of ketones is 1. The summed E-state index contributed by atoms with van der Waals surface area (Å²) in [6.45, 7) is 0. The molecule has 164 valence electrons. The number of Topliss-reactive ketones (excluding diaryl/α,β-unsaturated/α-hetero) is 1. The zero-order valence-electron chi connectivity index (χ0n) is 17.7. The van der Waals surface area contributed by atoms with Crippen molar-refractivity contribution in [2.45, 2.75) is 19.3 Å². The van der Waals surface area contributed by atoms with Gasteiger partial charge in [-0.2, -0.15) is 0 Å². The Morgan fingerprint density at radius 2 is 1.78 bits per heavy atom. The molecule has 0 amide bonds. The molecule has 7 heteroatoms. The lowest BCUT2D eigenvalue weighted by molar-refractivity contribution is 0.0980. The molecule has 4 aromatic rings. The van der Waals surface area contributed by atoms with Crippen molar-refractivity contribution in [2.24, 2.45) is 0 Å². The van der Waals surface area contributed by atoms with Crippen LogP contribution in [0.3, 0.4) is 0 Å². The number of aryl methyl sites for hydroxylation is 1. The summed E-state index contributed by atoms with van der Waals surface area (Å²) in [5, 5.41) is 1.03. The van der Waals surface area contributed by atoms with Gasteiger partial charge in [-0.3, -0.25) is 4.79 Å². The van der Waals surface area contributed by atoms with E-state index in [9.17, 15) is 4.79 Å². The number of halogens is 2. The van der Waals surface area contributed by atoms with Gasteiger partial charge >= 0.3 is 0 Å². The SMILES string of the molecule is COc1ccc(OC)c(CCCC(=O)c2ccc3nc(-c4c(Cl)cccc4Cl)[nH]c3c2)c1. The highest BCUT2D eigenvalue weighted by Gasteiger charge is 2.15. The number of aromatic nitrogens is 2. The maximum absolute atomic E-state index is 12.8. The number of hydrogen-bond donors (Lipinski definition) is 1. The lowest BCUT2D eigenvalue weighted by atomic mass is 10.0. The molecule has 0 saturated heterocycles. The fourth-order valence-electron chi connectivity index (χ4n) is 3.69. The molecular weight excluding hydrogens is 447 g/mol. The molecule has 32 heavy (non-hydrogen) atoms. The normalized spacial score (nSPS) is 11.0. The third kappa shape index (κ3) is 4.59. The first-order chi connectivity index (χ1) is 15.5. The van der Waals surface area contributed by atoms with E-state index in [1.807, 2.05) is 30.3 Å². The van der Waals surface area contributed by atoms with Crippen LogP contribution in [-0.2, 0) is 6.42 Å². The van der Waals surface area contributed by atoms with E-state index in [0.717, 1.165) is 28.1 Å². The van der Waals surface area contributed by atoms with Crippen molar-refractivity contribution in [3.8, 4) is 22.9 Å². The van der Waals surface area contributed by atoms with Crippen LogP contribution in [0.4, 0.5) is 0 Å². The Hall–Kier alpha value is -3.02. The molecule has 0 unspecified atom stereocenters. The molecule has 4 rings (SSSR count). The van der Waals surface area contributed by atoms with E-state index in [1.165, 1.54) is 0 Å². The van der Waals surface area contributed by atoms with E-state index in [2.05, 4.69) is 9.97 Å². The van der Waals surface area contributed by atoms with Gasteiger partial charge in [0, 0.05) is 12.0 Å². The van der Waals surface area contributed by atoms with Crippen molar-refractivity contribution in [1.29, 1.82) is 0 Å². The largest absolute Gasteiger partial charge is 0.497 e. The molecule has 0 fully saturated rings.